The minimum Gasteiger partial charge on any atom is -0.339 e. The fraction of sp³-hybridized carbons (Fsp3) is 0.867. The number of aromatic nitrogens is 2. The molecule has 2 bridgehead atoms. The molecule has 2 fully saturated rings. The normalized spacial score (nSPS) is 25.6. The van der Waals surface area contributed by atoms with E-state index in [1.54, 1.807) is 0 Å². The predicted octanol–water partition coefficient (Wildman–Crippen LogP) is 2.33. The lowest BCUT2D eigenvalue weighted by Crippen LogP contribution is -2.43. The Hall–Kier alpha value is -0.940. The Labute approximate surface area is 122 Å². The van der Waals surface area contributed by atoms with Crippen molar-refractivity contribution in [3.8, 4) is 0 Å². The number of fused-ring (bicyclic) bond motifs is 2. The van der Waals surface area contributed by atoms with Crippen LogP contribution < -0.4 is 5.32 Å². The van der Waals surface area contributed by atoms with Crippen molar-refractivity contribution in [3.05, 3.63) is 11.7 Å². The second-order valence-electron chi connectivity index (χ2n) is 6.90. The lowest BCUT2D eigenvalue weighted by Gasteiger charge is -2.25. The number of piperazine rings is 1. The zero-order chi connectivity index (χ0) is 14.8. The van der Waals surface area contributed by atoms with E-state index in [-0.39, 0.29) is 5.41 Å². The second-order valence-corrected chi connectivity index (χ2v) is 6.90. The van der Waals surface area contributed by atoms with Gasteiger partial charge in [0.05, 0.1) is 6.54 Å². The summed E-state index contributed by atoms with van der Waals surface area (Å²) in [4.78, 5) is 6.95. The van der Waals surface area contributed by atoms with Crippen LogP contribution in [0.25, 0.3) is 0 Å². The van der Waals surface area contributed by atoms with Crippen LogP contribution in [0, 0.1) is 0 Å². The molecule has 0 spiro atoms. The van der Waals surface area contributed by atoms with E-state index in [0.717, 1.165) is 31.3 Å². The number of rotatable bonds is 2. The van der Waals surface area contributed by atoms with Gasteiger partial charge < -0.3 is 9.84 Å². The molecule has 1 N–H and O–H groups in total. The molecule has 0 aliphatic carbocycles. The topological polar surface area (TPSA) is 54.2 Å². The molecule has 1 aromatic rings. The number of hydrogen-bond acceptors (Lipinski definition) is 5. The van der Waals surface area contributed by atoms with E-state index in [4.69, 9.17) is 4.52 Å². The standard InChI is InChI=1S/C12H20N4O.C3H8/c1-12(2,3)11-14-10(15-17-11)7-16-6-8-4-9(16)5-13-8;1-3-2/h8-9,13H,4-7H2,1-3H3;3H2,1-2H3/t8-,9?;/m1./s1. The van der Waals surface area contributed by atoms with E-state index < -0.39 is 0 Å². The number of likely N-dealkylation sites (tertiary alicyclic amines) is 1. The molecule has 0 aromatic carbocycles. The Morgan fingerprint density at radius 1 is 1.35 bits per heavy atom. The second kappa shape index (κ2) is 6.22. The van der Waals surface area contributed by atoms with Crippen LogP contribution in [-0.2, 0) is 12.0 Å². The van der Waals surface area contributed by atoms with Crippen molar-refractivity contribution in [1.82, 2.24) is 20.4 Å². The zero-order valence-corrected chi connectivity index (χ0v) is 13.4. The van der Waals surface area contributed by atoms with Crippen molar-refractivity contribution in [2.45, 2.75) is 71.5 Å². The average molecular weight is 280 g/mol. The molecular weight excluding hydrogens is 252 g/mol. The van der Waals surface area contributed by atoms with E-state index in [9.17, 15) is 0 Å². The molecular formula is C15H28N4O. The molecule has 5 heteroatoms. The highest BCUT2D eigenvalue weighted by Gasteiger charge is 2.38. The SMILES string of the molecule is CC(C)(C)c1nc(CN2C[C@H]3CC2CN3)no1.CCC. The lowest BCUT2D eigenvalue weighted by atomic mass is 9.97. The highest BCUT2D eigenvalue weighted by atomic mass is 16.5. The Bertz CT molecular complexity index is 424. The Kier molecular flexibility index (Phi) is 4.81. The molecule has 1 aromatic heterocycles. The van der Waals surface area contributed by atoms with E-state index >= 15 is 0 Å². The molecule has 3 heterocycles. The van der Waals surface area contributed by atoms with Gasteiger partial charge in [0.15, 0.2) is 5.82 Å². The Morgan fingerprint density at radius 2 is 2.05 bits per heavy atom. The summed E-state index contributed by atoms with van der Waals surface area (Å²) in [6.45, 7) is 13.6. The Balaban J connectivity index is 0.000000452. The van der Waals surface area contributed by atoms with Crippen molar-refractivity contribution in [3.63, 3.8) is 0 Å². The molecule has 2 saturated heterocycles. The van der Waals surface area contributed by atoms with Crippen LogP contribution in [0.1, 0.15) is 59.2 Å². The summed E-state index contributed by atoms with van der Waals surface area (Å²) in [6.07, 6.45) is 2.52. The van der Waals surface area contributed by atoms with Crippen molar-refractivity contribution < 1.29 is 4.52 Å². The van der Waals surface area contributed by atoms with E-state index in [1.807, 2.05) is 0 Å². The minimum atomic E-state index is -0.0587. The molecule has 2 aliphatic heterocycles. The summed E-state index contributed by atoms with van der Waals surface area (Å²) in [7, 11) is 0. The molecule has 2 atom stereocenters. The van der Waals surface area contributed by atoms with Crippen molar-refractivity contribution in [1.29, 1.82) is 0 Å². The van der Waals surface area contributed by atoms with Gasteiger partial charge in [-0.25, -0.2) is 0 Å². The molecule has 5 nitrogen and oxygen atoms in total. The third kappa shape index (κ3) is 3.58. The van der Waals surface area contributed by atoms with Crippen LogP contribution in [0.2, 0.25) is 0 Å². The fourth-order valence-corrected chi connectivity index (χ4v) is 2.65. The Morgan fingerprint density at radius 3 is 2.50 bits per heavy atom. The van der Waals surface area contributed by atoms with E-state index in [1.165, 1.54) is 12.8 Å². The third-order valence-electron chi connectivity index (χ3n) is 3.62. The van der Waals surface area contributed by atoms with Gasteiger partial charge in [-0.3, -0.25) is 4.90 Å². The van der Waals surface area contributed by atoms with Gasteiger partial charge in [-0.1, -0.05) is 46.2 Å². The first-order valence-electron chi connectivity index (χ1n) is 7.74. The van der Waals surface area contributed by atoms with Crippen LogP contribution in [0.3, 0.4) is 0 Å². The molecule has 0 radical (unpaired) electrons. The van der Waals surface area contributed by atoms with Crippen LogP contribution in [0.5, 0.6) is 0 Å². The van der Waals surface area contributed by atoms with Gasteiger partial charge in [-0.05, 0) is 6.42 Å². The van der Waals surface area contributed by atoms with Crippen LogP contribution in [0.4, 0.5) is 0 Å². The molecule has 114 valence electrons. The van der Waals surface area contributed by atoms with Crippen LogP contribution in [-0.4, -0.2) is 40.2 Å². The monoisotopic (exact) mass is 280 g/mol. The fourth-order valence-electron chi connectivity index (χ4n) is 2.65. The first-order valence-corrected chi connectivity index (χ1v) is 7.74. The quantitative estimate of drug-likeness (QED) is 0.901. The largest absolute Gasteiger partial charge is 0.339 e. The molecule has 20 heavy (non-hydrogen) atoms. The van der Waals surface area contributed by atoms with Gasteiger partial charge in [0.2, 0.25) is 5.89 Å². The van der Waals surface area contributed by atoms with Crippen molar-refractivity contribution >= 4 is 0 Å². The van der Waals surface area contributed by atoms with Gasteiger partial charge in [0, 0.05) is 30.6 Å². The van der Waals surface area contributed by atoms with Gasteiger partial charge in [0.1, 0.15) is 0 Å². The van der Waals surface area contributed by atoms with Crippen molar-refractivity contribution in [2.24, 2.45) is 0 Å². The number of nitrogens with one attached hydrogen (secondary N) is 1. The summed E-state index contributed by atoms with van der Waals surface area (Å²) in [6, 6.07) is 1.34. The third-order valence-corrected chi connectivity index (χ3v) is 3.62. The first kappa shape index (κ1) is 15.4. The summed E-state index contributed by atoms with van der Waals surface area (Å²) in [5.41, 5.74) is -0.0587. The first-order chi connectivity index (χ1) is 9.44. The predicted molar refractivity (Wildman–Crippen MR) is 79.6 cm³/mol. The maximum Gasteiger partial charge on any atom is 0.232 e. The highest BCUT2D eigenvalue weighted by Crippen LogP contribution is 2.25. The summed E-state index contributed by atoms with van der Waals surface area (Å²) in [5, 5.41) is 7.58. The zero-order valence-electron chi connectivity index (χ0n) is 13.4. The van der Waals surface area contributed by atoms with Gasteiger partial charge >= 0.3 is 0 Å². The highest BCUT2D eigenvalue weighted by molar-refractivity contribution is 5.02. The molecule has 0 amide bonds. The van der Waals surface area contributed by atoms with E-state index in [2.05, 4.69) is 55.0 Å². The summed E-state index contributed by atoms with van der Waals surface area (Å²) in [5.74, 6) is 1.55. The number of nitrogens with zero attached hydrogens (tertiary/aromatic N) is 3. The summed E-state index contributed by atoms with van der Waals surface area (Å²) < 4.78 is 5.32. The van der Waals surface area contributed by atoms with E-state index in [0.29, 0.717) is 12.1 Å². The molecule has 0 saturated carbocycles. The average Bonchev–Trinajstić information content (AvgIpc) is 3.03. The summed E-state index contributed by atoms with van der Waals surface area (Å²) >= 11 is 0. The minimum absolute atomic E-state index is 0.0587. The van der Waals surface area contributed by atoms with Crippen LogP contribution in [0.15, 0.2) is 4.52 Å². The van der Waals surface area contributed by atoms with Crippen LogP contribution >= 0.6 is 0 Å². The van der Waals surface area contributed by atoms with Gasteiger partial charge in [-0.2, -0.15) is 4.98 Å². The van der Waals surface area contributed by atoms with Crippen molar-refractivity contribution in [2.75, 3.05) is 13.1 Å². The molecule has 1 unspecified atom stereocenters. The smallest absolute Gasteiger partial charge is 0.232 e. The number of hydrogen-bond donors (Lipinski definition) is 1. The lowest BCUT2D eigenvalue weighted by molar-refractivity contribution is 0.209. The van der Waals surface area contributed by atoms with Gasteiger partial charge in [-0.15, -0.1) is 0 Å². The maximum atomic E-state index is 5.32. The molecule has 2 aliphatic rings. The molecule has 3 rings (SSSR count). The van der Waals surface area contributed by atoms with Gasteiger partial charge in [0.25, 0.3) is 0 Å². The maximum absolute atomic E-state index is 5.32.